The second-order valence-electron chi connectivity index (χ2n) is 6.69. The standard InChI is InChI=1S/C18H24N2O6S/c1-14-4-6-15(7-5-14)27(23,24)20-8-2-3-16(20)18(22)26-13-17(21)19-9-11-25-12-10-19/h4-7,16H,2-3,8-13H2,1H3/t16-/m0/s1. The van der Waals surface area contributed by atoms with Gasteiger partial charge in [-0.1, -0.05) is 17.7 Å². The van der Waals surface area contributed by atoms with E-state index in [1.54, 1.807) is 17.0 Å². The lowest BCUT2D eigenvalue weighted by Crippen LogP contribution is -2.45. The molecule has 0 unspecified atom stereocenters. The number of rotatable bonds is 5. The zero-order chi connectivity index (χ0) is 19.4. The van der Waals surface area contributed by atoms with Gasteiger partial charge >= 0.3 is 5.97 Å². The van der Waals surface area contributed by atoms with Gasteiger partial charge in [0.1, 0.15) is 6.04 Å². The fraction of sp³-hybridized carbons (Fsp3) is 0.556. The Bertz CT molecular complexity index is 787. The third kappa shape index (κ3) is 4.48. The van der Waals surface area contributed by atoms with Gasteiger partial charge in [0.25, 0.3) is 5.91 Å². The van der Waals surface area contributed by atoms with Gasteiger partial charge in [0.15, 0.2) is 6.61 Å². The summed E-state index contributed by atoms with van der Waals surface area (Å²) in [6, 6.07) is 5.61. The predicted molar refractivity (Wildman–Crippen MR) is 96.5 cm³/mol. The Balaban J connectivity index is 1.63. The summed E-state index contributed by atoms with van der Waals surface area (Å²) in [4.78, 5) is 26.3. The molecule has 2 aliphatic rings. The molecule has 0 aliphatic carbocycles. The molecule has 1 atom stereocenters. The fourth-order valence-corrected chi connectivity index (χ4v) is 4.89. The SMILES string of the molecule is Cc1ccc(S(=O)(=O)N2CCC[C@H]2C(=O)OCC(=O)N2CCOCC2)cc1. The number of amides is 1. The summed E-state index contributed by atoms with van der Waals surface area (Å²) in [6.45, 7) is 3.61. The second kappa shape index (κ2) is 8.37. The molecule has 2 heterocycles. The topological polar surface area (TPSA) is 93.2 Å². The molecule has 0 N–H and O–H groups in total. The van der Waals surface area contributed by atoms with Crippen LogP contribution < -0.4 is 0 Å². The van der Waals surface area contributed by atoms with Crippen molar-refractivity contribution in [3.8, 4) is 0 Å². The molecule has 0 spiro atoms. The number of hydrogen-bond acceptors (Lipinski definition) is 6. The van der Waals surface area contributed by atoms with Crippen LogP contribution in [-0.2, 0) is 29.1 Å². The van der Waals surface area contributed by atoms with Crippen molar-refractivity contribution in [1.82, 2.24) is 9.21 Å². The Hall–Kier alpha value is -1.97. The highest BCUT2D eigenvalue weighted by molar-refractivity contribution is 7.89. The maximum Gasteiger partial charge on any atom is 0.324 e. The average molecular weight is 396 g/mol. The molecule has 2 fully saturated rings. The van der Waals surface area contributed by atoms with Crippen molar-refractivity contribution in [1.29, 1.82) is 0 Å². The van der Waals surface area contributed by atoms with E-state index < -0.39 is 22.0 Å². The van der Waals surface area contributed by atoms with E-state index in [0.717, 1.165) is 5.56 Å². The number of esters is 1. The normalized spacial score (nSPS) is 21.2. The number of nitrogens with zero attached hydrogens (tertiary/aromatic N) is 2. The third-order valence-corrected chi connectivity index (χ3v) is 6.73. The van der Waals surface area contributed by atoms with Crippen molar-refractivity contribution in [2.75, 3.05) is 39.5 Å². The summed E-state index contributed by atoms with van der Waals surface area (Å²) in [6.07, 6.45) is 0.956. The monoisotopic (exact) mass is 396 g/mol. The molecule has 1 aromatic carbocycles. The summed E-state index contributed by atoms with van der Waals surface area (Å²) in [7, 11) is -3.79. The Morgan fingerprint density at radius 2 is 1.81 bits per heavy atom. The number of carbonyl (C=O) groups excluding carboxylic acids is 2. The number of aryl methyl sites for hydroxylation is 1. The van der Waals surface area contributed by atoms with Crippen LogP contribution in [0.2, 0.25) is 0 Å². The molecule has 1 aromatic rings. The van der Waals surface area contributed by atoms with E-state index in [2.05, 4.69) is 0 Å². The molecule has 2 aliphatic heterocycles. The molecule has 9 heteroatoms. The molecule has 2 saturated heterocycles. The van der Waals surface area contributed by atoms with Crippen molar-refractivity contribution >= 4 is 21.9 Å². The minimum absolute atomic E-state index is 0.150. The highest BCUT2D eigenvalue weighted by Crippen LogP contribution is 2.27. The highest BCUT2D eigenvalue weighted by atomic mass is 32.2. The summed E-state index contributed by atoms with van der Waals surface area (Å²) < 4.78 is 37.3. The van der Waals surface area contributed by atoms with Crippen molar-refractivity contribution < 1.29 is 27.5 Å². The van der Waals surface area contributed by atoms with Gasteiger partial charge in [-0.2, -0.15) is 4.31 Å². The van der Waals surface area contributed by atoms with Crippen LogP contribution in [0.1, 0.15) is 18.4 Å². The lowest BCUT2D eigenvalue weighted by Gasteiger charge is -2.27. The van der Waals surface area contributed by atoms with E-state index in [4.69, 9.17) is 9.47 Å². The van der Waals surface area contributed by atoms with Gasteiger partial charge < -0.3 is 14.4 Å². The van der Waals surface area contributed by atoms with Crippen LogP contribution in [0.25, 0.3) is 0 Å². The first kappa shape index (κ1) is 19.8. The second-order valence-corrected chi connectivity index (χ2v) is 8.58. The summed E-state index contributed by atoms with van der Waals surface area (Å²) >= 11 is 0. The van der Waals surface area contributed by atoms with E-state index in [0.29, 0.717) is 39.1 Å². The van der Waals surface area contributed by atoms with Gasteiger partial charge in [0.2, 0.25) is 10.0 Å². The Labute approximate surface area is 159 Å². The number of hydrogen-bond donors (Lipinski definition) is 0. The van der Waals surface area contributed by atoms with E-state index in [-0.39, 0.29) is 24.0 Å². The van der Waals surface area contributed by atoms with Gasteiger partial charge in [0.05, 0.1) is 18.1 Å². The Morgan fingerprint density at radius 3 is 2.48 bits per heavy atom. The third-order valence-electron chi connectivity index (χ3n) is 4.81. The maximum absolute atomic E-state index is 12.9. The molecule has 0 bridgehead atoms. The van der Waals surface area contributed by atoms with E-state index in [1.807, 2.05) is 6.92 Å². The number of ether oxygens (including phenoxy) is 2. The number of benzene rings is 1. The largest absolute Gasteiger partial charge is 0.454 e. The zero-order valence-corrected chi connectivity index (χ0v) is 16.1. The molecular weight excluding hydrogens is 372 g/mol. The molecule has 0 aromatic heterocycles. The Kier molecular flexibility index (Phi) is 6.13. The fourth-order valence-electron chi connectivity index (χ4n) is 3.24. The van der Waals surface area contributed by atoms with Crippen LogP contribution in [-0.4, -0.2) is 75.0 Å². The maximum atomic E-state index is 12.9. The van der Waals surface area contributed by atoms with E-state index in [1.165, 1.54) is 16.4 Å². The summed E-state index contributed by atoms with van der Waals surface area (Å²) in [5.41, 5.74) is 0.952. The first-order valence-electron chi connectivity index (χ1n) is 9.00. The van der Waals surface area contributed by atoms with Gasteiger partial charge in [-0.15, -0.1) is 0 Å². The van der Waals surface area contributed by atoms with Gasteiger partial charge in [-0.25, -0.2) is 8.42 Å². The number of morpholine rings is 1. The lowest BCUT2D eigenvalue weighted by atomic mass is 10.2. The minimum atomic E-state index is -3.79. The molecule has 0 radical (unpaired) electrons. The van der Waals surface area contributed by atoms with Crippen LogP contribution in [0.4, 0.5) is 0 Å². The average Bonchev–Trinajstić information content (AvgIpc) is 3.18. The lowest BCUT2D eigenvalue weighted by molar-refractivity contribution is -0.156. The van der Waals surface area contributed by atoms with Crippen LogP contribution in [0, 0.1) is 6.92 Å². The molecule has 27 heavy (non-hydrogen) atoms. The van der Waals surface area contributed by atoms with E-state index >= 15 is 0 Å². The van der Waals surface area contributed by atoms with Crippen molar-refractivity contribution in [3.05, 3.63) is 29.8 Å². The zero-order valence-electron chi connectivity index (χ0n) is 15.3. The quantitative estimate of drug-likeness (QED) is 0.675. The van der Waals surface area contributed by atoms with Gasteiger partial charge in [-0.3, -0.25) is 9.59 Å². The summed E-state index contributed by atoms with van der Waals surface area (Å²) in [5, 5.41) is 0. The first-order valence-corrected chi connectivity index (χ1v) is 10.4. The smallest absolute Gasteiger partial charge is 0.324 e. The molecule has 3 rings (SSSR count). The van der Waals surface area contributed by atoms with Crippen molar-refractivity contribution in [2.24, 2.45) is 0 Å². The van der Waals surface area contributed by atoms with Gasteiger partial charge in [0, 0.05) is 19.6 Å². The van der Waals surface area contributed by atoms with Crippen molar-refractivity contribution in [2.45, 2.75) is 30.7 Å². The highest BCUT2D eigenvalue weighted by Gasteiger charge is 2.40. The van der Waals surface area contributed by atoms with Crippen LogP contribution in [0.3, 0.4) is 0 Å². The Morgan fingerprint density at radius 1 is 1.15 bits per heavy atom. The molecule has 8 nitrogen and oxygen atoms in total. The predicted octanol–water partition coefficient (Wildman–Crippen LogP) is 0.550. The van der Waals surface area contributed by atoms with Crippen LogP contribution in [0.5, 0.6) is 0 Å². The van der Waals surface area contributed by atoms with Gasteiger partial charge in [-0.05, 0) is 31.9 Å². The number of carbonyl (C=O) groups is 2. The molecule has 1 amide bonds. The van der Waals surface area contributed by atoms with E-state index in [9.17, 15) is 18.0 Å². The molecule has 148 valence electrons. The molecule has 0 saturated carbocycles. The van der Waals surface area contributed by atoms with Crippen LogP contribution in [0.15, 0.2) is 29.2 Å². The first-order chi connectivity index (χ1) is 12.9. The van der Waals surface area contributed by atoms with Crippen molar-refractivity contribution in [3.63, 3.8) is 0 Å². The minimum Gasteiger partial charge on any atom is -0.454 e. The molecular formula is C18H24N2O6S. The number of sulfonamides is 1. The van der Waals surface area contributed by atoms with Crippen LogP contribution >= 0.6 is 0 Å². The summed E-state index contributed by atoms with van der Waals surface area (Å²) in [5.74, 6) is -0.970.